The van der Waals surface area contributed by atoms with Gasteiger partial charge in [0, 0.05) is 31.3 Å². The van der Waals surface area contributed by atoms with Crippen LogP contribution in [0.2, 0.25) is 0 Å². The first-order valence-electron chi connectivity index (χ1n) is 12.8. The van der Waals surface area contributed by atoms with Crippen molar-refractivity contribution in [3.05, 3.63) is 133 Å². The van der Waals surface area contributed by atoms with Crippen molar-refractivity contribution in [3.8, 4) is 44.8 Å². The van der Waals surface area contributed by atoms with Gasteiger partial charge in [-0.25, -0.2) is 9.97 Å². The minimum atomic E-state index is 0.764. The standard InChI is InChI=1S/C35H24N2S/c1-23-36-31(22-32(37-23)29-16-10-18-34-35(29)30-15-8-9-17-33(30)38-34)28-20-26(24-11-4-2-5-12-24)19-27(21-28)25-13-6-3-7-14-25/h2-22H,1H3. The summed E-state index contributed by atoms with van der Waals surface area (Å²) in [6.45, 7) is 1.98. The maximum Gasteiger partial charge on any atom is 0.126 e. The fraction of sp³-hybridized carbons (Fsp3) is 0.0286. The van der Waals surface area contributed by atoms with E-state index >= 15 is 0 Å². The van der Waals surface area contributed by atoms with Crippen molar-refractivity contribution in [3.63, 3.8) is 0 Å². The summed E-state index contributed by atoms with van der Waals surface area (Å²) in [5.74, 6) is 0.764. The van der Waals surface area contributed by atoms with Crippen LogP contribution >= 0.6 is 11.3 Å². The highest BCUT2D eigenvalue weighted by Gasteiger charge is 2.15. The van der Waals surface area contributed by atoms with E-state index in [1.807, 2.05) is 18.3 Å². The van der Waals surface area contributed by atoms with Gasteiger partial charge in [0.25, 0.3) is 0 Å². The summed E-state index contributed by atoms with van der Waals surface area (Å²) in [5.41, 5.74) is 8.83. The van der Waals surface area contributed by atoms with E-state index in [1.54, 1.807) is 0 Å². The molecule has 7 aromatic rings. The summed E-state index contributed by atoms with van der Waals surface area (Å²) in [7, 11) is 0. The molecule has 0 N–H and O–H groups in total. The number of rotatable bonds is 4. The van der Waals surface area contributed by atoms with Crippen LogP contribution in [0.1, 0.15) is 5.82 Å². The Morgan fingerprint density at radius 1 is 0.474 bits per heavy atom. The minimum Gasteiger partial charge on any atom is -0.233 e. The summed E-state index contributed by atoms with van der Waals surface area (Å²) >= 11 is 1.83. The molecule has 2 nitrogen and oxygen atoms in total. The highest BCUT2D eigenvalue weighted by molar-refractivity contribution is 7.25. The van der Waals surface area contributed by atoms with Crippen molar-refractivity contribution >= 4 is 31.5 Å². The maximum atomic E-state index is 4.92. The molecule has 38 heavy (non-hydrogen) atoms. The molecule has 0 amide bonds. The molecule has 5 aromatic carbocycles. The van der Waals surface area contributed by atoms with Crippen molar-refractivity contribution in [1.29, 1.82) is 0 Å². The Bertz CT molecular complexity index is 1860. The topological polar surface area (TPSA) is 25.8 Å². The normalized spacial score (nSPS) is 11.3. The summed E-state index contributed by atoms with van der Waals surface area (Å²) < 4.78 is 2.57. The Morgan fingerprint density at radius 2 is 1.05 bits per heavy atom. The number of benzene rings is 5. The van der Waals surface area contributed by atoms with Crippen molar-refractivity contribution in [2.75, 3.05) is 0 Å². The summed E-state index contributed by atoms with van der Waals surface area (Å²) in [6, 6.07) is 45.1. The van der Waals surface area contributed by atoms with Gasteiger partial charge in [0.15, 0.2) is 0 Å². The van der Waals surface area contributed by atoms with Gasteiger partial charge >= 0.3 is 0 Å². The first kappa shape index (κ1) is 22.6. The molecule has 3 heteroatoms. The average molecular weight is 505 g/mol. The molecule has 0 aliphatic carbocycles. The highest BCUT2D eigenvalue weighted by Crippen LogP contribution is 2.40. The molecule has 0 aliphatic heterocycles. The van der Waals surface area contributed by atoms with Crippen LogP contribution in [0.25, 0.3) is 64.9 Å². The Hall–Kier alpha value is -4.60. The predicted molar refractivity (Wildman–Crippen MR) is 161 cm³/mol. The lowest BCUT2D eigenvalue weighted by Crippen LogP contribution is -1.96. The zero-order valence-corrected chi connectivity index (χ0v) is 21.7. The van der Waals surface area contributed by atoms with E-state index in [0.29, 0.717) is 0 Å². The molecule has 180 valence electrons. The molecule has 0 bridgehead atoms. The van der Waals surface area contributed by atoms with Crippen LogP contribution in [-0.2, 0) is 0 Å². The van der Waals surface area contributed by atoms with E-state index in [4.69, 9.17) is 9.97 Å². The molecule has 0 atom stereocenters. The molecule has 0 aliphatic rings. The molecule has 0 unspecified atom stereocenters. The quantitative estimate of drug-likeness (QED) is 0.238. The van der Waals surface area contributed by atoms with E-state index in [1.165, 1.54) is 42.4 Å². The smallest absolute Gasteiger partial charge is 0.126 e. The second kappa shape index (κ2) is 9.37. The molecule has 0 fully saturated rings. The molecule has 0 saturated heterocycles. The van der Waals surface area contributed by atoms with Crippen molar-refractivity contribution in [2.45, 2.75) is 6.92 Å². The number of thiophene rings is 1. The lowest BCUT2D eigenvalue weighted by Gasteiger charge is -2.12. The number of hydrogen-bond donors (Lipinski definition) is 0. The zero-order valence-electron chi connectivity index (χ0n) is 20.9. The van der Waals surface area contributed by atoms with Gasteiger partial charge in [0.05, 0.1) is 11.4 Å². The van der Waals surface area contributed by atoms with Crippen LogP contribution in [0, 0.1) is 6.92 Å². The van der Waals surface area contributed by atoms with Gasteiger partial charge < -0.3 is 0 Å². The monoisotopic (exact) mass is 504 g/mol. The second-order valence-corrected chi connectivity index (χ2v) is 10.6. The Kier molecular flexibility index (Phi) is 5.57. The Labute approximate surface area is 225 Å². The lowest BCUT2D eigenvalue weighted by molar-refractivity contribution is 1.06. The van der Waals surface area contributed by atoms with Crippen molar-refractivity contribution in [1.82, 2.24) is 9.97 Å². The maximum absolute atomic E-state index is 4.92. The average Bonchev–Trinajstić information content (AvgIpc) is 3.36. The molecule has 0 radical (unpaired) electrons. The van der Waals surface area contributed by atoms with Gasteiger partial charge in [-0.3, -0.25) is 0 Å². The summed E-state index contributed by atoms with van der Waals surface area (Å²) in [6.07, 6.45) is 0. The van der Waals surface area contributed by atoms with E-state index in [2.05, 4.69) is 127 Å². The highest BCUT2D eigenvalue weighted by atomic mass is 32.1. The molecular formula is C35H24N2S. The number of aromatic nitrogens is 2. The first-order chi connectivity index (χ1) is 18.7. The van der Waals surface area contributed by atoms with E-state index in [9.17, 15) is 0 Å². The minimum absolute atomic E-state index is 0.764. The molecule has 2 heterocycles. The van der Waals surface area contributed by atoms with Gasteiger partial charge in [0.1, 0.15) is 5.82 Å². The van der Waals surface area contributed by atoms with E-state index in [-0.39, 0.29) is 0 Å². The number of nitrogens with zero attached hydrogens (tertiary/aromatic N) is 2. The van der Waals surface area contributed by atoms with Crippen LogP contribution in [0.3, 0.4) is 0 Å². The Morgan fingerprint density at radius 3 is 1.76 bits per heavy atom. The third-order valence-electron chi connectivity index (χ3n) is 6.96. The molecule has 0 saturated carbocycles. The fourth-order valence-electron chi connectivity index (χ4n) is 5.21. The van der Waals surface area contributed by atoms with Gasteiger partial charge in [-0.1, -0.05) is 91.0 Å². The van der Waals surface area contributed by atoms with E-state index < -0.39 is 0 Å². The second-order valence-electron chi connectivity index (χ2n) is 9.49. The van der Waals surface area contributed by atoms with Crippen LogP contribution in [-0.4, -0.2) is 9.97 Å². The molecular weight excluding hydrogens is 480 g/mol. The van der Waals surface area contributed by atoms with Gasteiger partial charge in [0.2, 0.25) is 0 Å². The summed E-state index contributed by atoms with van der Waals surface area (Å²) in [4.78, 5) is 9.84. The predicted octanol–water partition coefficient (Wildman–Crippen LogP) is 9.82. The molecule has 7 rings (SSSR count). The van der Waals surface area contributed by atoms with E-state index in [0.717, 1.165) is 28.3 Å². The zero-order chi connectivity index (χ0) is 25.5. The van der Waals surface area contributed by atoms with Crippen LogP contribution in [0.5, 0.6) is 0 Å². The third kappa shape index (κ3) is 4.07. The van der Waals surface area contributed by atoms with Gasteiger partial charge in [-0.2, -0.15) is 0 Å². The van der Waals surface area contributed by atoms with Crippen LogP contribution in [0.15, 0.2) is 127 Å². The van der Waals surface area contributed by atoms with Gasteiger partial charge in [-0.15, -0.1) is 11.3 Å². The third-order valence-corrected chi connectivity index (χ3v) is 8.10. The van der Waals surface area contributed by atoms with Crippen LogP contribution in [0.4, 0.5) is 0 Å². The number of fused-ring (bicyclic) bond motifs is 3. The van der Waals surface area contributed by atoms with Crippen molar-refractivity contribution in [2.24, 2.45) is 0 Å². The van der Waals surface area contributed by atoms with Crippen LogP contribution < -0.4 is 0 Å². The lowest BCUT2D eigenvalue weighted by atomic mass is 9.94. The molecule has 0 spiro atoms. The van der Waals surface area contributed by atoms with Crippen molar-refractivity contribution < 1.29 is 0 Å². The van der Waals surface area contributed by atoms with Gasteiger partial charge in [-0.05, 0) is 65.6 Å². The Balaban J connectivity index is 1.44. The fourth-order valence-corrected chi connectivity index (χ4v) is 6.34. The SMILES string of the molecule is Cc1nc(-c2cc(-c3ccccc3)cc(-c3ccccc3)c2)cc(-c2cccc3sc4ccccc4c23)n1. The first-order valence-corrected chi connectivity index (χ1v) is 13.6. The number of aryl methyl sites for hydroxylation is 1. The molecule has 2 aromatic heterocycles. The summed E-state index contributed by atoms with van der Waals surface area (Å²) in [5, 5.41) is 2.54. The number of hydrogen-bond acceptors (Lipinski definition) is 3. The largest absolute Gasteiger partial charge is 0.233 e.